The molecule has 2 atom stereocenters. The summed E-state index contributed by atoms with van der Waals surface area (Å²) in [4.78, 5) is 25.3. The van der Waals surface area contributed by atoms with Crippen LogP contribution in [-0.2, 0) is 4.79 Å². The minimum atomic E-state index is -0.617. The SMILES string of the molecule is NC(=O)c1cn(C2CN(C(=O)[C@@H]3C[C@H]3c3ccc(F)cc3)C2)nn1. The van der Waals surface area contributed by atoms with Crippen LogP contribution in [0.4, 0.5) is 4.39 Å². The van der Waals surface area contributed by atoms with Gasteiger partial charge in [0.1, 0.15) is 5.82 Å². The standard InChI is InChI=1S/C16H16FN5O2/c17-10-3-1-9(2-4-10)12-5-13(12)16(24)21-6-11(7-21)22-8-14(15(18)23)19-20-22/h1-4,8,11-13H,5-7H2,(H2,18,23)/t12-,13+/m0/s1. The average Bonchev–Trinajstić information content (AvgIpc) is 3.16. The molecule has 1 aliphatic carbocycles. The fourth-order valence-corrected chi connectivity index (χ4v) is 3.15. The molecule has 1 saturated carbocycles. The summed E-state index contributed by atoms with van der Waals surface area (Å²) >= 11 is 0. The maximum absolute atomic E-state index is 13.0. The lowest BCUT2D eigenvalue weighted by Gasteiger charge is -2.39. The zero-order chi connectivity index (χ0) is 16.8. The first-order chi connectivity index (χ1) is 11.5. The second kappa shape index (κ2) is 5.40. The van der Waals surface area contributed by atoms with E-state index in [1.165, 1.54) is 18.3 Å². The number of carbonyl (C=O) groups is 2. The molecule has 2 fully saturated rings. The van der Waals surface area contributed by atoms with Crippen molar-refractivity contribution >= 4 is 11.8 Å². The van der Waals surface area contributed by atoms with Gasteiger partial charge in [0, 0.05) is 19.0 Å². The van der Waals surface area contributed by atoms with E-state index in [1.807, 2.05) is 0 Å². The van der Waals surface area contributed by atoms with Crippen LogP contribution in [0.15, 0.2) is 30.5 Å². The molecule has 4 rings (SSSR count). The van der Waals surface area contributed by atoms with Gasteiger partial charge in [0.05, 0.1) is 12.2 Å². The van der Waals surface area contributed by atoms with Crippen molar-refractivity contribution in [2.75, 3.05) is 13.1 Å². The number of aromatic nitrogens is 3. The third kappa shape index (κ3) is 2.53. The van der Waals surface area contributed by atoms with E-state index in [0.29, 0.717) is 13.1 Å². The van der Waals surface area contributed by atoms with Gasteiger partial charge in [-0.1, -0.05) is 17.3 Å². The molecule has 1 aromatic carbocycles. The molecule has 1 saturated heterocycles. The predicted molar refractivity (Wildman–Crippen MR) is 81.4 cm³/mol. The molecule has 0 radical (unpaired) electrons. The third-order valence-electron chi connectivity index (χ3n) is 4.72. The van der Waals surface area contributed by atoms with Gasteiger partial charge in [-0.05, 0) is 30.0 Å². The van der Waals surface area contributed by atoms with Crippen molar-refractivity contribution in [3.8, 4) is 0 Å². The number of hydrogen-bond acceptors (Lipinski definition) is 4. The molecule has 0 spiro atoms. The van der Waals surface area contributed by atoms with Crippen LogP contribution in [0.5, 0.6) is 0 Å². The van der Waals surface area contributed by atoms with E-state index in [2.05, 4.69) is 10.3 Å². The molecule has 0 bridgehead atoms. The van der Waals surface area contributed by atoms with Crippen molar-refractivity contribution in [3.05, 3.63) is 47.5 Å². The maximum Gasteiger partial charge on any atom is 0.270 e. The van der Waals surface area contributed by atoms with Crippen LogP contribution in [0, 0.1) is 11.7 Å². The molecular weight excluding hydrogens is 313 g/mol. The van der Waals surface area contributed by atoms with Crippen molar-refractivity contribution in [2.24, 2.45) is 11.7 Å². The first-order valence-electron chi connectivity index (χ1n) is 7.79. The van der Waals surface area contributed by atoms with Gasteiger partial charge in [-0.3, -0.25) is 9.59 Å². The summed E-state index contributed by atoms with van der Waals surface area (Å²) in [6.45, 7) is 1.10. The molecule has 2 N–H and O–H groups in total. The van der Waals surface area contributed by atoms with Gasteiger partial charge < -0.3 is 10.6 Å². The van der Waals surface area contributed by atoms with Gasteiger partial charge >= 0.3 is 0 Å². The first-order valence-corrected chi connectivity index (χ1v) is 7.79. The molecule has 7 nitrogen and oxygen atoms in total. The van der Waals surface area contributed by atoms with E-state index in [0.717, 1.165) is 12.0 Å². The van der Waals surface area contributed by atoms with Crippen LogP contribution in [0.3, 0.4) is 0 Å². The van der Waals surface area contributed by atoms with Crippen LogP contribution < -0.4 is 5.73 Å². The van der Waals surface area contributed by atoms with E-state index in [9.17, 15) is 14.0 Å². The van der Waals surface area contributed by atoms with Gasteiger partial charge in [-0.2, -0.15) is 0 Å². The van der Waals surface area contributed by atoms with E-state index in [-0.39, 0.29) is 35.3 Å². The maximum atomic E-state index is 13.0. The molecule has 1 aromatic heterocycles. The van der Waals surface area contributed by atoms with Crippen LogP contribution in [0.25, 0.3) is 0 Å². The highest BCUT2D eigenvalue weighted by Gasteiger charge is 2.48. The highest BCUT2D eigenvalue weighted by Crippen LogP contribution is 2.49. The van der Waals surface area contributed by atoms with Crippen LogP contribution in [0.2, 0.25) is 0 Å². The Balaban J connectivity index is 1.33. The van der Waals surface area contributed by atoms with Crippen molar-refractivity contribution in [2.45, 2.75) is 18.4 Å². The molecule has 8 heteroatoms. The van der Waals surface area contributed by atoms with Crippen molar-refractivity contribution < 1.29 is 14.0 Å². The van der Waals surface area contributed by atoms with Gasteiger partial charge in [-0.15, -0.1) is 5.10 Å². The summed E-state index contributed by atoms with van der Waals surface area (Å²) in [6, 6.07) is 6.36. The summed E-state index contributed by atoms with van der Waals surface area (Å²) in [7, 11) is 0. The van der Waals surface area contributed by atoms with E-state index in [1.54, 1.807) is 21.7 Å². The number of likely N-dealkylation sites (tertiary alicyclic amines) is 1. The average molecular weight is 329 g/mol. The number of rotatable bonds is 4. The normalized spacial score (nSPS) is 23.0. The molecule has 1 aliphatic heterocycles. The highest BCUT2D eigenvalue weighted by atomic mass is 19.1. The predicted octanol–water partition coefficient (Wildman–Crippen LogP) is 0.703. The smallest absolute Gasteiger partial charge is 0.270 e. The van der Waals surface area contributed by atoms with Crippen LogP contribution in [0.1, 0.15) is 34.4 Å². The number of primary amides is 1. The van der Waals surface area contributed by atoms with Gasteiger partial charge in [0.15, 0.2) is 5.69 Å². The zero-order valence-corrected chi connectivity index (χ0v) is 12.8. The Labute approximate surface area is 137 Å². The minimum Gasteiger partial charge on any atom is -0.364 e. The Morgan fingerprint density at radius 2 is 1.92 bits per heavy atom. The van der Waals surface area contributed by atoms with E-state index >= 15 is 0 Å². The summed E-state index contributed by atoms with van der Waals surface area (Å²) in [5.74, 6) is -0.598. The third-order valence-corrected chi connectivity index (χ3v) is 4.72. The molecule has 2 aromatic rings. The molecule has 124 valence electrons. The number of nitrogens with zero attached hydrogens (tertiary/aromatic N) is 4. The van der Waals surface area contributed by atoms with Crippen molar-refractivity contribution in [1.29, 1.82) is 0 Å². The molecular formula is C16H16FN5O2. The topological polar surface area (TPSA) is 94.1 Å². The van der Waals surface area contributed by atoms with E-state index in [4.69, 9.17) is 5.73 Å². The van der Waals surface area contributed by atoms with Gasteiger partial charge in [0.2, 0.25) is 5.91 Å². The second-order valence-electron chi connectivity index (χ2n) is 6.35. The Bertz CT molecular complexity index is 797. The lowest BCUT2D eigenvalue weighted by molar-refractivity contribution is -0.138. The van der Waals surface area contributed by atoms with E-state index < -0.39 is 5.91 Å². The fourth-order valence-electron chi connectivity index (χ4n) is 3.15. The van der Waals surface area contributed by atoms with Crippen LogP contribution >= 0.6 is 0 Å². The Morgan fingerprint density at radius 1 is 1.21 bits per heavy atom. The first kappa shape index (κ1) is 14.8. The molecule has 2 heterocycles. The lowest BCUT2D eigenvalue weighted by atomic mass is 10.1. The Kier molecular flexibility index (Phi) is 3.33. The fraction of sp³-hybridized carbons (Fsp3) is 0.375. The number of nitrogens with two attached hydrogens (primary N) is 1. The zero-order valence-electron chi connectivity index (χ0n) is 12.8. The summed E-state index contributed by atoms with van der Waals surface area (Å²) in [6.07, 6.45) is 2.31. The largest absolute Gasteiger partial charge is 0.364 e. The van der Waals surface area contributed by atoms with Gasteiger partial charge in [-0.25, -0.2) is 9.07 Å². The monoisotopic (exact) mass is 329 g/mol. The molecule has 24 heavy (non-hydrogen) atoms. The minimum absolute atomic E-state index is 0.0201. The highest BCUT2D eigenvalue weighted by molar-refractivity contribution is 5.90. The molecule has 2 amide bonds. The van der Waals surface area contributed by atoms with Crippen molar-refractivity contribution in [1.82, 2.24) is 19.9 Å². The number of amides is 2. The molecule has 0 unspecified atom stereocenters. The summed E-state index contributed by atoms with van der Waals surface area (Å²) < 4.78 is 14.5. The Hall–Kier alpha value is -2.77. The summed E-state index contributed by atoms with van der Waals surface area (Å²) in [5.41, 5.74) is 6.28. The quantitative estimate of drug-likeness (QED) is 0.893. The number of carbonyl (C=O) groups excluding carboxylic acids is 2. The number of halogens is 1. The Morgan fingerprint density at radius 3 is 2.54 bits per heavy atom. The molecule has 2 aliphatic rings. The lowest BCUT2D eigenvalue weighted by Crippen LogP contribution is -2.51. The second-order valence-corrected chi connectivity index (χ2v) is 6.35. The number of benzene rings is 1. The summed E-state index contributed by atoms with van der Waals surface area (Å²) in [5, 5.41) is 7.58. The van der Waals surface area contributed by atoms with Gasteiger partial charge in [0.25, 0.3) is 5.91 Å². The van der Waals surface area contributed by atoms with Crippen molar-refractivity contribution in [3.63, 3.8) is 0 Å². The van der Waals surface area contributed by atoms with Crippen LogP contribution in [-0.4, -0.2) is 44.8 Å². The number of hydrogen-bond donors (Lipinski definition) is 1.